The van der Waals surface area contributed by atoms with Crippen LogP contribution in [0.4, 0.5) is 0 Å². The van der Waals surface area contributed by atoms with Crippen LogP contribution >= 0.6 is 0 Å². The zero-order chi connectivity index (χ0) is 27.1. The lowest BCUT2D eigenvalue weighted by Crippen LogP contribution is -2.43. The van der Waals surface area contributed by atoms with E-state index in [1.165, 1.54) is 5.56 Å². The molecule has 0 spiro atoms. The van der Waals surface area contributed by atoms with Gasteiger partial charge in [-0.2, -0.15) is 8.42 Å². The molecule has 8 heteroatoms. The van der Waals surface area contributed by atoms with E-state index in [9.17, 15) is 8.42 Å². The van der Waals surface area contributed by atoms with Crippen LogP contribution in [0.2, 0.25) is 18.1 Å². The van der Waals surface area contributed by atoms with Crippen LogP contribution in [-0.2, 0) is 25.1 Å². The lowest BCUT2D eigenvalue weighted by molar-refractivity contribution is 0.0782. The van der Waals surface area contributed by atoms with Crippen LogP contribution in [0.3, 0.4) is 0 Å². The van der Waals surface area contributed by atoms with Crippen LogP contribution in [0.15, 0.2) is 42.5 Å². The molecule has 2 aromatic rings. The normalized spacial score (nSPS) is 14.4. The Morgan fingerprint density at radius 2 is 1.53 bits per heavy atom. The van der Waals surface area contributed by atoms with Crippen LogP contribution in [0.1, 0.15) is 56.4 Å². The molecular formula is C28H44O6SSi. The second-order valence-electron chi connectivity index (χ2n) is 11.0. The topological polar surface area (TPSA) is 71.1 Å². The fourth-order valence-electron chi connectivity index (χ4n) is 3.95. The zero-order valence-electron chi connectivity index (χ0n) is 23.4. The number of benzene rings is 2. The summed E-state index contributed by atoms with van der Waals surface area (Å²) in [5.41, 5.74) is 3.06. The van der Waals surface area contributed by atoms with Gasteiger partial charge in [0, 0.05) is 11.5 Å². The van der Waals surface area contributed by atoms with Gasteiger partial charge in [-0.05, 0) is 67.6 Å². The summed E-state index contributed by atoms with van der Waals surface area (Å²) >= 11 is 0. The molecular weight excluding hydrogens is 492 g/mol. The minimum atomic E-state index is -3.61. The molecule has 2 aromatic carbocycles. The van der Waals surface area contributed by atoms with Crippen molar-refractivity contribution in [3.63, 3.8) is 0 Å². The molecule has 0 fully saturated rings. The van der Waals surface area contributed by atoms with Crippen molar-refractivity contribution in [2.45, 2.75) is 71.2 Å². The largest absolute Gasteiger partial charge is 0.496 e. The van der Waals surface area contributed by atoms with Crippen molar-refractivity contribution in [1.29, 1.82) is 0 Å². The van der Waals surface area contributed by atoms with Gasteiger partial charge < -0.3 is 13.9 Å². The first-order valence-electron chi connectivity index (χ1n) is 12.5. The van der Waals surface area contributed by atoms with Crippen molar-refractivity contribution in [2.75, 3.05) is 27.1 Å². The van der Waals surface area contributed by atoms with Gasteiger partial charge in [-0.1, -0.05) is 51.1 Å². The highest BCUT2D eigenvalue weighted by atomic mass is 32.2. The molecule has 0 saturated carbocycles. The summed E-state index contributed by atoms with van der Waals surface area (Å²) in [5.74, 6) is 1.23. The molecule has 6 nitrogen and oxygen atoms in total. The van der Waals surface area contributed by atoms with E-state index in [-0.39, 0.29) is 23.7 Å². The van der Waals surface area contributed by atoms with Gasteiger partial charge in [0.05, 0.1) is 33.2 Å². The second-order valence-corrected chi connectivity index (χ2v) is 17.4. The average molecular weight is 537 g/mol. The Morgan fingerprint density at radius 1 is 0.972 bits per heavy atom. The molecule has 0 bridgehead atoms. The van der Waals surface area contributed by atoms with E-state index in [1.54, 1.807) is 14.2 Å². The number of methoxy groups -OCH3 is 2. The fourth-order valence-corrected chi connectivity index (χ4v) is 5.69. The average Bonchev–Trinajstić information content (AvgIpc) is 2.79. The number of rotatable bonds is 13. The van der Waals surface area contributed by atoms with E-state index in [0.717, 1.165) is 36.6 Å². The smallest absolute Gasteiger partial charge is 0.264 e. The summed E-state index contributed by atoms with van der Waals surface area (Å²) in [6, 6.07) is 14.3. The molecule has 0 aromatic heterocycles. The van der Waals surface area contributed by atoms with Gasteiger partial charge >= 0.3 is 0 Å². The molecule has 2 atom stereocenters. The van der Waals surface area contributed by atoms with Crippen LogP contribution in [0.25, 0.3) is 0 Å². The van der Waals surface area contributed by atoms with Crippen molar-refractivity contribution in [3.8, 4) is 11.5 Å². The molecule has 0 aliphatic rings. The summed E-state index contributed by atoms with van der Waals surface area (Å²) in [6.07, 6.45) is 3.22. The summed E-state index contributed by atoms with van der Waals surface area (Å²) in [4.78, 5) is 0. The van der Waals surface area contributed by atoms with Crippen molar-refractivity contribution in [1.82, 2.24) is 0 Å². The number of aryl methyl sites for hydroxylation is 1. The zero-order valence-corrected chi connectivity index (χ0v) is 25.2. The summed E-state index contributed by atoms with van der Waals surface area (Å²) in [5, 5.41) is -0.0314. The SMILES string of the molecule is COc1cc([C@@H](O[Si](C)(C)C(C)(C)C)[C@@H](CCCc2ccccc2)COS(C)(=O)=O)cc(OC)c1C. The quantitative estimate of drug-likeness (QED) is 0.210. The third kappa shape index (κ3) is 8.61. The van der Waals surface area contributed by atoms with Gasteiger partial charge in [0.25, 0.3) is 10.1 Å². The van der Waals surface area contributed by atoms with E-state index >= 15 is 0 Å². The maximum absolute atomic E-state index is 12.0. The summed E-state index contributed by atoms with van der Waals surface area (Å²) < 4.78 is 47.7. The van der Waals surface area contributed by atoms with Crippen LogP contribution in [0.5, 0.6) is 11.5 Å². The maximum atomic E-state index is 12.0. The predicted octanol–water partition coefficient (Wildman–Crippen LogP) is 6.69. The Labute approximate surface area is 219 Å². The molecule has 0 aliphatic carbocycles. The molecule has 0 aliphatic heterocycles. The third-order valence-electron chi connectivity index (χ3n) is 7.14. The highest BCUT2D eigenvalue weighted by molar-refractivity contribution is 7.85. The van der Waals surface area contributed by atoms with Gasteiger partial charge in [-0.25, -0.2) is 0 Å². The van der Waals surface area contributed by atoms with E-state index in [1.807, 2.05) is 37.3 Å². The number of ether oxygens (including phenoxy) is 2. The third-order valence-corrected chi connectivity index (χ3v) is 12.2. The van der Waals surface area contributed by atoms with E-state index in [4.69, 9.17) is 18.1 Å². The lowest BCUT2D eigenvalue weighted by atomic mass is 9.90. The monoisotopic (exact) mass is 536 g/mol. The van der Waals surface area contributed by atoms with Gasteiger partial charge in [-0.15, -0.1) is 0 Å². The molecule has 0 saturated heterocycles. The van der Waals surface area contributed by atoms with Crippen molar-refractivity contribution in [3.05, 3.63) is 59.2 Å². The highest BCUT2D eigenvalue weighted by Gasteiger charge is 2.41. The predicted molar refractivity (Wildman–Crippen MR) is 149 cm³/mol. The van der Waals surface area contributed by atoms with Gasteiger partial charge in [0.2, 0.25) is 0 Å². The maximum Gasteiger partial charge on any atom is 0.264 e. The number of hydrogen-bond acceptors (Lipinski definition) is 6. The van der Waals surface area contributed by atoms with Crippen molar-refractivity contribution >= 4 is 18.4 Å². The molecule has 202 valence electrons. The van der Waals surface area contributed by atoms with Gasteiger partial charge in [-0.3, -0.25) is 4.18 Å². The van der Waals surface area contributed by atoms with E-state index in [0.29, 0.717) is 11.5 Å². The fraction of sp³-hybridized carbons (Fsp3) is 0.571. The van der Waals surface area contributed by atoms with Crippen LogP contribution < -0.4 is 9.47 Å². The molecule has 0 heterocycles. The minimum Gasteiger partial charge on any atom is -0.496 e. The Kier molecular flexibility index (Phi) is 10.6. The van der Waals surface area contributed by atoms with E-state index < -0.39 is 18.4 Å². The molecule has 0 amide bonds. The standard InChI is InChI=1S/C28H44O6SSi/c1-21-25(31-5)18-24(19-26(21)32-6)27(34-36(8,9)28(2,3)4)23(20-33-35(7,29)30)17-13-16-22-14-11-10-12-15-22/h10-12,14-15,18-19,23,27H,13,16-17,20H2,1-9H3/t23-,27-/m0/s1. The molecule has 0 N–H and O–H groups in total. The van der Waals surface area contributed by atoms with E-state index in [2.05, 4.69) is 46.0 Å². The Hall–Kier alpha value is -1.87. The first-order valence-corrected chi connectivity index (χ1v) is 17.2. The first kappa shape index (κ1) is 30.4. The number of hydrogen-bond donors (Lipinski definition) is 0. The molecule has 36 heavy (non-hydrogen) atoms. The Balaban J connectivity index is 2.52. The Morgan fingerprint density at radius 3 is 2.00 bits per heavy atom. The second kappa shape index (κ2) is 12.6. The Bertz CT molecular complexity index is 1050. The van der Waals surface area contributed by atoms with Crippen molar-refractivity contribution < 1.29 is 26.5 Å². The van der Waals surface area contributed by atoms with Gasteiger partial charge in [0.15, 0.2) is 8.32 Å². The summed E-state index contributed by atoms with van der Waals surface area (Å²) in [6.45, 7) is 13.0. The summed E-state index contributed by atoms with van der Waals surface area (Å²) in [7, 11) is -2.58. The van der Waals surface area contributed by atoms with Crippen LogP contribution in [0, 0.1) is 12.8 Å². The molecule has 0 radical (unpaired) electrons. The first-order chi connectivity index (χ1) is 16.7. The van der Waals surface area contributed by atoms with Crippen molar-refractivity contribution in [2.24, 2.45) is 5.92 Å². The molecule has 0 unspecified atom stereocenters. The lowest BCUT2D eigenvalue weighted by Gasteiger charge is -2.42. The minimum absolute atomic E-state index is 0.0314. The van der Waals surface area contributed by atoms with Crippen LogP contribution in [-0.4, -0.2) is 43.8 Å². The molecule has 2 rings (SSSR count). The highest BCUT2D eigenvalue weighted by Crippen LogP contribution is 2.44. The van der Waals surface area contributed by atoms with Gasteiger partial charge in [0.1, 0.15) is 11.5 Å².